The molecule has 0 unspecified atom stereocenters. The number of pyridine rings is 1. The van der Waals surface area contributed by atoms with Crippen LogP contribution >= 0.6 is 23.6 Å². The number of nitrogens with one attached hydrogen (secondary N) is 1. The monoisotopic (exact) mass is 421 g/mol. The second-order valence-electron chi connectivity index (χ2n) is 7.53. The third-order valence-electron chi connectivity index (χ3n) is 5.65. The Bertz CT molecular complexity index is 954. The Labute approximate surface area is 180 Å². The van der Waals surface area contributed by atoms with Crippen LogP contribution in [0.2, 0.25) is 0 Å². The first kappa shape index (κ1) is 18.6. The molecule has 3 heterocycles. The van der Waals surface area contributed by atoms with Gasteiger partial charge in [-0.1, -0.05) is 12.1 Å². The van der Waals surface area contributed by atoms with Gasteiger partial charge in [0.25, 0.3) is 0 Å². The van der Waals surface area contributed by atoms with Crippen molar-refractivity contribution in [1.29, 1.82) is 0 Å². The highest BCUT2D eigenvalue weighted by molar-refractivity contribution is 7.80. The first-order chi connectivity index (χ1) is 14.3. The van der Waals surface area contributed by atoms with Crippen LogP contribution in [0.3, 0.4) is 0 Å². The normalized spacial score (nSPS) is 22.1. The van der Waals surface area contributed by atoms with E-state index in [1.54, 1.807) is 11.3 Å². The molecule has 0 bridgehead atoms. The summed E-state index contributed by atoms with van der Waals surface area (Å²) in [7, 11) is 0. The van der Waals surface area contributed by atoms with Crippen LogP contribution in [-0.2, 0) is 0 Å². The molecule has 0 spiro atoms. The van der Waals surface area contributed by atoms with Crippen molar-refractivity contribution in [3.63, 3.8) is 0 Å². The molecule has 1 aliphatic heterocycles. The van der Waals surface area contributed by atoms with Crippen LogP contribution in [0.15, 0.2) is 66.2 Å². The molecule has 1 saturated heterocycles. The van der Waals surface area contributed by atoms with Gasteiger partial charge in [-0.3, -0.25) is 4.98 Å². The SMILES string of the molecule is S=C1N[C@@H](c2ccccn2)[C@H](c2cccs2)N1c1ccc(OC2CCCC2)cc1. The zero-order valence-corrected chi connectivity index (χ0v) is 17.7. The lowest BCUT2D eigenvalue weighted by Crippen LogP contribution is -2.29. The predicted molar refractivity (Wildman–Crippen MR) is 122 cm³/mol. The van der Waals surface area contributed by atoms with Crippen molar-refractivity contribution in [2.45, 2.75) is 43.9 Å². The Morgan fingerprint density at radius 3 is 2.55 bits per heavy atom. The van der Waals surface area contributed by atoms with Crippen molar-refractivity contribution in [1.82, 2.24) is 10.3 Å². The smallest absolute Gasteiger partial charge is 0.174 e. The van der Waals surface area contributed by atoms with Crippen molar-refractivity contribution >= 4 is 34.4 Å². The van der Waals surface area contributed by atoms with Gasteiger partial charge in [-0.25, -0.2) is 0 Å². The molecule has 0 radical (unpaired) electrons. The lowest BCUT2D eigenvalue weighted by atomic mass is 10.0. The maximum absolute atomic E-state index is 6.13. The third-order valence-corrected chi connectivity index (χ3v) is 6.91. The zero-order chi connectivity index (χ0) is 19.6. The molecule has 2 aliphatic rings. The molecule has 148 valence electrons. The van der Waals surface area contributed by atoms with Crippen LogP contribution in [0, 0.1) is 0 Å². The van der Waals surface area contributed by atoms with E-state index in [-0.39, 0.29) is 12.1 Å². The minimum atomic E-state index is 0.0109. The molecule has 2 aromatic heterocycles. The molecule has 1 aliphatic carbocycles. The number of aromatic nitrogens is 1. The lowest BCUT2D eigenvalue weighted by molar-refractivity contribution is 0.210. The number of nitrogens with zero attached hydrogens (tertiary/aromatic N) is 2. The van der Waals surface area contributed by atoms with Crippen molar-refractivity contribution in [2.75, 3.05) is 4.90 Å². The van der Waals surface area contributed by atoms with Crippen molar-refractivity contribution in [3.8, 4) is 5.75 Å². The molecular formula is C23H23N3OS2. The van der Waals surface area contributed by atoms with Gasteiger partial charge < -0.3 is 15.0 Å². The average Bonchev–Trinajstić information content (AvgIpc) is 3.50. The van der Waals surface area contributed by atoms with Gasteiger partial charge in [-0.2, -0.15) is 0 Å². The van der Waals surface area contributed by atoms with Crippen molar-refractivity contribution in [3.05, 3.63) is 76.7 Å². The summed E-state index contributed by atoms with van der Waals surface area (Å²) in [4.78, 5) is 8.06. The Morgan fingerprint density at radius 2 is 1.86 bits per heavy atom. The Morgan fingerprint density at radius 1 is 1.03 bits per heavy atom. The largest absolute Gasteiger partial charge is 0.490 e. The Kier molecular flexibility index (Phi) is 5.21. The van der Waals surface area contributed by atoms with Gasteiger partial charge in [0.15, 0.2) is 5.11 Å². The standard InChI is InChI=1S/C23H23N3OS2/c28-23-25-21(19-8-3-4-14-24-19)22(20-9-5-15-29-20)26(23)16-10-12-18(13-11-16)27-17-6-1-2-7-17/h3-5,8-15,17,21-22H,1-2,6-7H2,(H,25,28)/t21-,22-/m0/s1. The Balaban J connectivity index is 1.45. The Hall–Kier alpha value is -2.44. The van der Waals surface area contributed by atoms with Crippen LogP contribution in [0.4, 0.5) is 5.69 Å². The molecule has 2 atom stereocenters. The van der Waals surface area contributed by atoms with E-state index in [0.29, 0.717) is 6.10 Å². The summed E-state index contributed by atoms with van der Waals surface area (Å²) in [5.74, 6) is 0.938. The van der Waals surface area contributed by atoms with Gasteiger partial charge >= 0.3 is 0 Å². The summed E-state index contributed by atoms with van der Waals surface area (Å²) >= 11 is 7.51. The molecular weight excluding hydrogens is 398 g/mol. The highest BCUT2D eigenvalue weighted by Crippen LogP contribution is 2.43. The van der Waals surface area contributed by atoms with Crippen molar-refractivity contribution < 1.29 is 4.74 Å². The molecule has 3 aromatic rings. The van der Waals surface area contributed by atoms with Crippen molar-refractivity contribution in [2.24, 2.45) is 0 Å². The summed E-state index contributed by atoms with van der Waals surface area (Å²) < 4.78 is 6.13. The molecule has 1 N–H and O–H groups in total. The first-order valence-corrected chi connectivity index (χ1v) is 11.4. The third kappa shape index (κ3) is 3.74. The van der Waals surface area contributed by atoms with E-state index in [2.05, 4.69) is 63.0 Å². The predicted octanol–water partition coefficient (Wildman–Crippen LogP) is 5.64. The number of thiocarbonyl (C=S) groups is 1. The summed E-state index contributed by atoms with van der Waals surface area (Å²) in [6.07, 6.45) is 7.07. The lowest BCUT2D eigenvalue weighted by Gasteiger charge is -2.27. The fraction of sp³-hybridized carbons (Fsp3) is 0.304. The maximum Gasteiger partial charge on any atom is 0.174 e. The minimum absolute atomic E-state index is 0.0109. The number of thiophene rings is 1. The second-order valence-corrected chi connectivity index (χ2v) is 8.90. The van der Waals surface area contributed by atoms with Crippen LogP contribution in [0.5, 0.6) is 5.75 Å². The molecule has 4 nitrogen and oxygen atoms in total. The van der Waals surface area contributed by atoms with E-state index in [0.717, 1.165) is 35.1 Å². The molecule has 1 aromatic carbocycles. The molecule has 5 rings (SSSR count). The second kappa shape index (κ2) is 8.13. The molecule has 0 amide bonds. The summed E-state index contributed by atoms with van der Waals surface area (Å²) in [5.41, 5.74) is 2.06. The van der Waals surface area contributed by atoms with Crippen LogP contribution in [0.25, 0.3) is 0 Å². The van der Waals surface area contributed by atoms with Gasteiger partial charge in [0.1, 0.15) is 5.75 Å². The topological polar surface area (TPSA) is 37.4 Å². The number of hydrogen-bond acceptors (Lipinski definition) is 4. The van der Waals surface area contributed by atoms with E-state index in [1.165, 1.54) is 17.7 Å². The van der Waals surface area contributed by atoms with E-state index < -0.39 is 0 Å². The molecule has 2 fully saturated rings. The van der Waals surface area contributed by atoms with Gasteiger partial charge in [-0.15, -0.1) is 11.3 Å². The molecule has 6 heteroatoms. The fourth-order valence-electron chi connectivity index (χ4n) is 4.27. The fourth-order valence-corrected chi connectivity index (χ4v) is 5.46. The molecule has 1 saturated carbocycles. The minimum Gasteiger partial charge on any atom is -0.490 e. The van der Waals surface area contributed by atoms with Crippen LogP contribution < -0.4 is 15.0 Å². The highest BCUT2D eigenvalue weighted by Gasteiger charge is 2.41. The highest BCUT2D eigenvalue weighted by atomic mass is 32.1. The van der Waals surface area contributed by atoms with E-state index in [4.69, 9.17) is 17.0 Å². The van der Waals surface area contributed by atoms with E-state index in [9.17, 15) is 0 Å². The average molecular weight is 422 g/mol. The number of anilines is 1. The van der Waals surface area contributed by atoms with Crippen LogP contribution in [-0.4, -0.2) is 16.2 Å². The maximum atomic E-state index is 6.13. The van der Waals surface area contributed by atoms with Gasteiger partial charge in [0, 0.05) is 16.8 Å². The van der Waals surface area contributed by atoms with Crippen LogP contribution in [0.1, 0.15) is 48.3 Å². The first-order valence-electron chi connectivity index (χ1n) is 10.1. The van der Waals surface area contributed by atoms with E-state index >= 15 is 0 Å². The number of hydrogen-bond donors (Lipinski definition) is 1. The number of ether oxygens (including phenoxy) is 1. The molecule has 29 heavy (non-hydrogen) atoms. The van der Waals surface area contributed by atoms with Gasteiger partial charge in [0.2, 0.25) is 0 Å². The number of rotatable bonds is 5. The van der Waals surface area contributed by atoms with E-state index in [1.807, 2.05) is 18.3 Å². The van der Waals surface area contributed by atoms with Gasteiger partial charge in [-0.05, 0) is 85.7 Å². The quantitative estimate of drug-likeness (QED) is 0.540. The van der Waals surface area contributed by atoms with Gasteiger partial charge in [0.05, 0.1) is 23.9 Å². The number of benzene rings is 1. The summed E-state index contributed by atoms with van der Waals surface area (Å²) in [6.45, 7) is 0. The summed E-state index contributed by atoms with van der Waals surface area (Å²) in [5, 5.41) is 6.34. The zero-order valence-electron chi connectivity index (χ0n) is 16.0. The summed E-state index contributed by atoms with van der Waals surface area (Å²) in [6, 6.07) is 18.7.